The average Bonchev–Trinajstić information content (AvgIpc) is 3.14. The van der Waals surface area contributed by atoms with Crippen LogP contribution in [0.2, 0.25) is 0 Å². The van der Waals surface area contributed by atoms with Gasteiger partial charge in [0.05, 0.1) is 17.5 Å². The Balaban J connectivity index is 1.60. The third-order valence-electron chi connectivity index (χ3n) is 4.33. The molecular formula is C19H20FNO4S. The zero-order valence-corrected chi connectivity index (χ0v) is 15.0. The standard InChI is InChI=1S/C19H20FNO4S/c20-15-7-5-14(6-8-15)19(22)13-21-26(23,24)18-11-9-17(10-12-18)25-16-3-1-2-4-16/h5-12,16,21H,1-4,13H2. The lowest BCUT2D eigenvalue weighted by Crippen LogP contribution is -2.29. The molecule has 1 fully saturated rings. The van der Waals surface area contributed by atoms with E-state index in [4.69, 9.17) is 4.74 Å². The third-order valence-corrected chi connectivity index (χ3v) is 5.75. The molecule has 1 saturated carbocycles. The summed E-state index contributed by atoms with van der Waals surface area (Å²) in [4.78, 5) is 12.1. The topological polar surface area (TPSA) is 72.5 Å². The highest BCUT2D eigenvalue weighted by Crippen LogP contribution is 2.24. The zero-order chi connectivity index (χ0) is 18.6. The highest BCUT2D eigenvalue weighted by atomic mass is 32.2. The second-order valence-electron chi connectivity index (χ2n) is 6.25. The number of Topliss-reactive ketones (excluding diaryl/α,β-unsaturated/α-hetero) is 1. The van der Waals surface area contributed by atoms with Gasteiger partial charge >= 0.3 is 0 Å². The first-order valence-electron chi connectivity index (χ1n) is 8.49. The van der Waals surface area contributed by atoms with Crippen LogP contribution in [0.3, 0.4) is 0 Å². The van der Waals surface area contributed by atoms with Crippen molar-refractivity contribution in [1.29, 1.82) is 0 Å². The van der Waals surface area contributed by atoms with Gasteiger partial charge < -0.3 is 4.74 Å². The molecule has 0 saturated heterocycles. The maximum absolute atomic E-state index is 12.9. The second kappa shape index (κ2) is 7.97. The first-order chi connectivity index (χ1) is 12.4. The Morgan fingerprint density at radius 1 is 1.04 bits per heavy atom. The molecule has 2 aromatic carbocycles. The molecule has 0 bridgehead atoms. The SMILES string of the molecule is O=C(CNS(=O)(=O)c1ccc(OC2CCCC2)cc1)c1ccc(F)cc1. The summed E-state index contributed by atoms with van der Waals surface area (Å²) >= 11 is 0. The highest BCUT2D eigenvalue weighted by molar-refractivity contribution is 7.89. The Bertz CT molecular complexity index is 857. The number of ketones is 1. The molecule has 0 spiro atoms. The van der Waals surface area contributed by atoms with Crippen LogP contribution in [0.1, 0.15) is 36.0 Å². The van der Waals surface area contributed by atoms with Crippen LogP contribution in [0.4, 0.5) is 4.39 Å². The summed E-state index contributed by atoms with van der Waals surface area (Å²) in [7, 11) is -3.82. The molecule has 0 atom stereocenters. The minimum absolute atomic E-state index is 0.0585. The molecule has 0 radical (unpaired) electrons. The van der Waals surface area contributed by atoms with Gasteiger partial charge in [0, 0.05) is 5.56 Å². The molecule has 138 valence electrons. The van der Waals surface area contributed by atoms with E-state index in [-0.39, 0.29) is 16.6 Å². The van der Waals surface area contributed by atoms with E-state index < -0.39 is 28.2 Å². The molecule has 0 unspecified atom stereocenters. The van der Waals surface area contributed by atoms with Gasteiger partial charge in [-0.3, -0.25) is 4.79 Å². The first kappa shape index (κ1) is 18.5. The Labute approximate surface area is 152 Å². The van der Waals surface area contributed by atoms with Crippen LogP contribution in [-0.2, 0) is 10.0 Å². The van der Waals surface area contributed by atoms with Crippen LogP contribution >= 0.6 is 0 Å². The van der Waals surface area contributed by atoms with E-state index in [0.717, 1.165) is 37.8 Å². The molecule has 1 N–H and O–H groups in total. The van der Waals surface area contributed by atoms with Crippen molar-refractivity contribution >= 4 is 15.8 Å². The molecule has 2 aromatic rings. The summed E-state index contributed by atoms with van der Waals surface area (Å²) in [5.41, 5.74) is 0.245. The minimum Gasteiger partial charge on any atom is -0.490 e. The maximum Gasteiger partial charge on any atom is 0.240 e. The van der Waals surface area contributed by atoms with Crippen LogP contribution in [-0.4, -0.2) is 26.8 Å². The Hall–Kier alpha value is -2.25. The van der Waals surface area contributed by atoms with E-state index in [1.807, 2.05) is 0 Å². The Morgan fingerprint density at radius 2 is 1.65 bits per heavy atom. The summed E-state index contributed by atoms with van der Waals surface area (Å²) < 4.78 is 45.6. The van der Waals surface area contributed by atoms with Gasteiger partial charge in [0.15, 0.2) is 5.78 Å². The Morgan fingerprint density at radius 3 is 2.27 bits per heavy atom. The number of ether oxygens (including phenoxy) is 1. The third kappa shape index (κ3) is 4.68. The number of benzene rings is 2. The van der Waals surface area contributed by atoms with Crippen molar-refractivity contribution in [3.05, 3.63) is 59.9 Å². The summed E-state index contributed by atoms with van der Waals surface area (Å²) in [6, 6.07) is 11.1. The van der Waals surface area contributed by atoms with E-state index in [1.165, 1.54) is 24.3 Å². The van der Waals surface area contributed by atoms with Crippen molar-refractivity contribution in [3.63, 3.8) is 0 Å². The van der Waals surface area contributed by atoms with Gasteiger partial charge in [0.1, 0.15) is 11.6 Å². The number of halogens is 1. The van der Waals surface area contributed by atoms with Gasteiger partial charge in [0.2, 0.25) is 10.0 Å². The van der Waals surface area contributed by atoms with Gasteiger partial charge in [0.25, 0.3) is 0 Å². The molecule has 3 rings (SSSR count). The van der Waals surface area contributed by atoms with Gasteiger partial charge in [-0.2, -0.15) is 0 Å². The van der Waals surface area contributed by atoms with Gasteiger partial charge in [-0.15, -0.1) is 0 Å². The molecule has 5 nitrogen and oxygen atoms in total. The molecule has 1 aliphatic carbocycles. The molecule has 7 heteroatoms. The zero-order valence-electron chi connectivity index (χ0n) is 14.2. The summed E-state index contributed by atoms with van der Waals surface area (Å²) in [5, 5.41) is 0. The number of hydrogen-bond donors (Lipinski definition) is 1. The molecule has 26 heavy (non-hydrogen) atoms. The van der Waals surface area contributed by atoms with E-state index in [1.54, 1.807) is 12.1 Å². The van der Waals surface area contributed by atoms with Crippen molar-refractivity contribution in [2.45, 2.75) is 36.7 Å². The van der Waals surface area contributed by atoms with Crippen LogP contribution in [0.25, 0.3) is 0 Å². The lowest BCUT2D eigenvalue weighted by molar-refractivity contribution is 0.0997. The summed E-state index contributed by atoms with van der Waals surface area (Å²) in [5.74, 6) is -0.255. The van der Waals surface area contributed by atoms with Crippen molar-refractivity contribution in [2.75, 3.05) is 6.54 Å². The maximum atomic E-state index is 12.9. The molecule has 1 aliphatic rings. The molecule has 0 heterocycles. The summed E-state index contributed by atoms with van der Waals surface area (Å²) in [6.07, 6.45) is 4.55. The molecule has 0 aliphatic heterocycles. The van der Waals surface area contributed by atoms with Crippen molar-refractivity contribution in [1.82, 2.24) is 4.72 Å². The molecule has 0 aromatic heterocycles. The fourth-order valence-corrected chi connectivity index (χ4v) is 3.86. The fourth-order valence-electron chi connectivity index (χ4n) is 2.88. The number of hydrogen-bond acceptors (Lipinski definition) is 4. The number of carbonyl (C=O) groups is 1. The van der Waals surface area contributed by atoms with Crippen LogP contribution in [0.15, 0.2) is 53.4 Å². The molecule has 0 amide bonds. The number of nitrogens with one attached hydrogen (secondary N) is 1. The smallest absolute Gasteiger partial charge is 0.240 e. The second-order valence-corrected chi connectivity index (χ2v) is 8.02. The van der Waals surface area contributed by atoms with Crippen LogP contribution in [0.5, 0.6) is 5.75 Å². The monoisotopic (exact) mass is 377 g/mol. The number of sulfonamides is 1. The fraction of sp³-hybridized carbons (Fsp3) is 0.316. The van der Waals surface area contributed by atoms with Crippen molar-refractivity contribution in [3.8, 4) is 5.75 Å². The van der Waals surface area contributed by atoms with Gasteiger partial charge in [-0.25, -0.2) is 17.5 Å². The average molecular weight is 377 g/mol. The lowest BCUT2D eigenvalue weighted by atomic mass is 10.1. The van der Waals surface area contributed by atoms with Crippen LogP contribution in [0, 0.1) is 5.82 Å². The normalized spacial score (nSPS) is 15.1. The minimum atomic E-state index is -3.82. The van der Waals surface area contributed by atoms with Gasteiger partial charge in [-0.1, -0.05) is 0 Å². The van der Waals surface area contributed by atoms with Gasteiger partial charge in [-0.05, 0) is 74.2 Å². The Kier molecular flexibility index (Phi) is 5.68. The largest absolute Gasteiger partial charge is 0.490 e. The van der Waals surface area contributed by atoms with E-state index in [2.05, 4.69) is 4.72 Å². The first-order valence-corrected chi connectivity index (χ1v) is 9.97. The van der Waals surface area contributed by atoms with E-state index >= 15 is 0 Å². The predicted molar refractivity (Wildman–Crippen MR) is 95.2 cm³/mol. The van der Waals surface area contributed by atoms with E-state index in [9.17, 15) is 17.6 Å². The van der Waals surface area contributed by atoms with Crippen molar-refractivity contribution < 1.29 is 22.3 Å². The van der Waals surface area contributed by atoms with Crippen molar-refractivity contribution in [2.24, 2.45) is 0 Å². The summed E-state index contributed by atoms with van der Waals surface area (Å²) in [6.45, 7) is -0.395. The number of rotatable bonds is 7. The lowest BCUT2D eigenvalue weighted by Gasteiger charge is -2.13. The van der Waals surface area contributed by atoms with Crippen LogP contribution < -0.4 is 9.46 Å². The highest BCUT2D eigenvalue weighted by Gasteiger charge is 2.19. The molecular weight excluding hydrogens is 357 g/mol. The number of carbonyl (C=O) groups excluding carboxylic acids is 1. The quantitative estimate of drug-likeness (QED) is 0.752. The van der Waals surface area contributed by atoms with E-state index in [0.29, 0.717) is 5.75 Å². The predicted octanol–water partition coefficient (Wildman–Crippen LogP) is 3.31.